The largest absolute Gasteiger partial charge is 0.455 e. The van der Waals surface area contributed by atoms with E-state index in [9.17, 15) is 8.22 Å². The van der Waals surface area contributed by atoms with E-state index in [4.69, 9.17) is 7.16 Å². The number of hydrogen-bond acceptors (Lipinski definition) is 1. The van der Waals surface area contributed by atoms with E-state index in [2.05, 4.69) is 34.9 Å². The highest BCUT2D eigenvalue weighted by Gasteiger charge is 2.19. The van der Waals surface area contributed by atoms with Gasteiger partial charge >= 0.3 is 0 Å². The third-order valence-corrected chi connectivity index (χ3v) is 9.64. The number of nitrogens with zero attached hydrogens (tertiary/aromatic N) is 1. The molecule has 0 saturated carbocycles. The molecule has 0 aliphatic carbocycles. The first-order valence-corrected chi connectivity index (χ1v) is 15.9. The molecule has 0 bridgehead atoms. The lowest BCUT2D eigenvalue weighted by Crippen LogP contribution is -1.94. The van der Waals surface area contributed by atoms with Crippen molar-refractivity contribution in [3.8, 4) is 27.9 Å². The predicted octanol–water partition coefficient (Wildman–Crippen LogP) is 12.9. The van der Waals surface area contributed by atoms with Gasteiger partial charge in [0.15, 0.2) is 0 Å². The molecule has 0 fully saturated rings. The van der Waals surface area contributed by atoms with Gasteiger partial charge in [0.2, 0.25) is 0 Å². The summed E-state index contributed by atoms with van der Waals surface area (Å²) in [5.74, 6) is 0. The van der Waals surface area contributed by atoms with E-state index in [0.717, 1.165) is 49.4 Å². The molecule has 11 aromatic rings. The predicted molar refractivity (Wildman–Crippen MR) is 203 cm³/mol. The fourth-order valence-electron chi connectivity index (χ4n) is 7.54. The molecule has 0 saturated heterocycles. The summed E-state index contributed by atoms with van der Waals surface area (Å²) in [6.45, 7) is 0. The highest BCUT2D eigenvalue weighted by Crippen LogP contribution is 2.44. The molecule has 11 rings (SSSR count). The van der Waals surface area contributed by atoms with Crippen LogP contribution in [0, 0.1) is 0 Å². The zero-order valence-electron chi connectivity index (χ0n) is 33.3. The van der Waals surface area contributed by atoms with E-state index in [1.165, 1.54) is 0 Å². The third-order valence-electron chi connectivity index (χ3n) is 9.64. The molecule has 2 nitrogen and oxygen atoms in total. The van der Waals surface area contributed by atoms with Gasteiger partial charge < -0.3 is 8.98 Å². The van der Waals surface area contributed by atoms with E-state index >= 15 is 0 Å². The van der Waals surface area contributed by atoms with Gasteiger partial charge in [0.05, 0.1) is 27.4 Å². The summed E-state index contributed by atoms with van der Waals surface area (Å²) in [6.07, 6.45) is 0. The Morgan fingerprint density at radius 2 is 1.08 bits per heavy atom. The van der Waals surface area contributed by atoms with Gasteiger partial charge in [-0.25, -0.2) is 0 Å². The number of fused-ring (bicyclic) bond motifs is 7. The number of aromatic nitrogens is 1. The Morgan fingerprint density at radius 1 is 0.438 bits per heavy atom. The molecule has 9 aromatic carbocycles. The quantitative estimate of drug-likeness (QED) is 0.180. The molecule has 2 heterocycles. The Morgan fingerprint density at radius 3 is 1.88 bits per heavy atom. The number of para-hydroxylation sites is 2. The maximum atomic E-state index is 9.43. The van der Waals surface area contributed by atoms with Crippen LogP contribution in [-0.4, -0.2) is 4.57 Å². The Labute approximate surface area is 287 Å². The lowest BCUT2D eigenvalue weighted by Gasteiger charge is -2.17. The molecule has 0 N–H and O–H groups in total. The molecule has 0 amide bonds. The highest BCUT2D eigenvalue weighted by atomic mass is 16.3. The van der Waals surface area contributed by atoms with Crippen molar-refractivity contribution in [3.05, 3.63) is 164 Å². The fourth-order valence-corrected chi connectivity index (χ4v) is 7.54. The second-order valence-corrected chi connectivity index (χ2v) is 12.2. The van der Waals surface area contributed by atoms with Crippen molar-refractivity contribution in [2.45, 2.75) is 0 Å². The molecule has 0 radical (unpaired) electrons. The Hall–Kier alpha value is -6.38. The van der Waals surface area contributed by atoms with Crippen LogP contribution in [0.2, 0.25) is 0 Å². The smallest absolute Gasteiger partial charge is 0.145 e. The molecule has 0 spiro atoms. The summed E-state index contributed by atoms with van der Waals surface area (Å²) >= 11 is 0. The maximum absolute atomic E-state index is 9.43. The summed E-state index contributed by atoms with van der Waals surface area (Å²) in [5.41, 5.74) is 5.88. The summed E-state index contributed by atoms with van der Waals surface area (Å²) in [4.78, 5) is 0. The molecule has 2 aromatic heterocycles. The van der Waals surface area contributed by atoms with E-state index in [1.54, 1.807) is 24.3 Å². The fraction of sp³-hybridized carbons (Fsp3) is 0. The molecule has 0 atom stereocenters. The Bertz CT molecular complexity index is 3510. The zero-order valence-corrected chi connectivity index (χ0v) is 25.3. The van der Waals surface area contributed by atoms with Gasteiger partial charge in [-0.05, 0) is 91.0 Å². The maximum Gasteiger partial charge on any atom is 0.145 e. The van der Waals surface area contributed by atoms with Crippen LogP contribution in [0.3, 0.4) is 0 Å². The first-order valence-electron chi connectivity index (χ1n) is 19.9. The van der Waals surface area contributed by atoms with Crippen molar-refractivity contribution in [3.63, 3.8) is 0 Å². The summed E-state index contributed by atoms with van der Waals surface area (Å²) in [5, 5.41) is 5.08. The molecule has 0 aliphatic heterocycles. The first-order chi connectivity index (χ1) is 27.2. The van der Waals surface area contributed by atoms with Crippen molar-refractivity contribution in [2.75, 3.05) is 0 Å². The second-order valence-electron chi connectivity index (χ2n) is 12.2. The molecule has 48 heavy (non-hydrogen) atoms. The summed E-state index contributed by atoms with van der Waals surface area (Å²) < 4.78 is 82.7. The Kier molecular flexibility index (Phi) is 3.85. The van der Waals surface area contributed by atoms with Crippen LogP contribution in [0.15, 0.2) is 168 Å². The molecule has 2 heteroatoms. The average molecular weight is 618 g/mol. The summed E-state index contributed by atoms with van der Waals surface area (Å²) in [6, 6.07) is 34.8. The molecular weight excluding hydrogens is 583 g/mol. The van der Waals surface area contributed by atoms with Gasteiger partial charge in [-0.15, -0.1) is 0 Å². The van der Waals surface area contributed by atoms with Gasteiger partial charge in [0.1, 0.15) is 11.2 Å². The van der Waals surface area contributed by atoms with Gasteiger partial charge in [-0.2, -0.15) is 0 Å². The number of furan rings is 1. The first kappa shape index (κ1) is 19.3. The molecule has 222 valence electrons. The highest BCUT2D eigenvalue weighted by molar-refractivity contribution is 6.28. The SMILES string of the molecule is [2H]c1c([2H])c2c([2H])c([2H])c3c(-c4cccc(-n5c6ccccc6c6c7oc8ccccc8c7ccc65)c4)c([2H])c([2H])c4c([2H])c([2H])c(c1-c1ccccc1)c2c43. The third kappa shape index (κ3) is 3.46. The van der Waals surface area contributed by atoms with Crippen molar-refractivity contribution in [2.24, 2.45) is 0 Å². The van der Waals surface area contributed by atoms with Crippen LogP contribution < -0.4 is 0 Å². The van der Waals surface area contributed by atoms with E-state index in [0.29, 0.717) is 16.5 Å². The van der Waals surface area contributed by atoms with Crippen LogP contribution in [0.1, 0.15) is 11.0 Å². The van der Waals surface area contributed by atoms with Crippen LogP contribution >= 0.6 is 0 Å². The molecule has 0 unspecified atom stereocenters. The van der Waals surface area contributed by atoms with Crippen molar-refractivity contribution >= 4 is 76.1 Å². The lowest BCUT2D eigenvalue weighted by molar-refractivity contribution is 0.673. The monoisotopic (exact) mass is 617 g/mol. The number of benzene rings is 9. The summed E-state index contributed by atoms with van der Waals surface area (Å²) in [7, 11) is 0. The van der Waals surface area contributed by atoms with Crippen LogP contribution in [0.25, 0.3) is 104 Å². The van der Waals surface area contributed by atoms with Crippen LogP contribution in [0.4, 0.5) is 0 Å². The Balaban J connectivity index is 1.26. The minimum atomic E-state index is -0.300. The number of rotatable bonds is 3. The van der Waals surface area contributed by atoms with Gasteiger partial charge in [-0.3, -0.25) is 0 Å². The normalized spacial score (nSPS) is 14.5. The minimum absolute atomic E-state index is 0.0225. The average Bonchev–Trinajstić information content (AvgIpc) is 3.77. The second kappa shape index (κ2) is 9.57. The minimum Gasteiger partial charge on any atom is -0.455 e. The van der Waals surface area contributed by atoms with Gasteiger partial charge in [-0.1, -0.05) is 127 Å². The zero-order chi connectivity index (χ0) is 38.3. The molecule has 0 aliphatic rings. The van der Waals surface area contributed by atoms with E-state index in [1.807, 2.05) is 60.7 Å². The van der Waals surface area contributed by atoms with Gasteiger partial charge in [0, 0.05) is 21.8 Å². The molecular formula is C46H27NO. The van der Waals surface area contributed by atoms with E-state index in [-0.39, 0.29) is 86.4 Å². The van der Waals surface area contributed by atoms with Crippen molar-refractivity contribution < 1.29 is 15.4 Å². The lowest BCUT2D eigenvalue weighted by atomic mass is 9.87. The topological polar surface area (TPSA) is 18.1 Å². The van der Waals surface area contributed by atoms with E-state index < -0.39 is 0 Å². The van der Waals surface area contributed by atoms with Crippen molar-refractivity contribution in [1.29, 1.82) is 0 Å². The van der Waals surface area contributed by atoms with Crippen LogP contribution in [0.5, 0.6) is 0 Å². The standard InChI is InChI=1S/C46H27NO/c1-2-9-28(10-3-1)33-21-17-29-20-24-37-34(22-18-30-19-23-36(33)43(29)44(30)37)31-11-8-12-32(27-31)47-40-15-6-4-14-39(40)45-41(47)26-25-38-35-13-5-7-16-42(35)48-46(38)45/h1-27H/i17D,18D,19D,20D,21D,22D,23D,24D. The van der Waals surface area contributed by atoms with Crippen LogP contribution in [-0.2, 0) is 0 Å². The van der Waals surface area contributed by atoms with Crippen molar-refractivity contribution in [1.82, 2.24) is 4.57 Å². The van der Waals surface area contributed by atoms with Gasteiger partial charge in [0.25, 0.3) is 0 Å². The number of hydrogen-bond donors (Lipinski definition) is 0.